The van der Waals surface area contributed by atoms with Crippen LogP contribution < -0.4 is 0 Å². The summed E-state index contributed by atoms with van der Waals surface area (Å²) in [4.78, 5) is 1.43. The van der Waals surface area contributed by atoms with Gasteiger partial charge >= 0.3 is 0 Å². The molecule has 58 valence electrons. The minimum Gasteiger partial charge on any atom is -0.148 e. The molecular weight excluding hydrogens is 152 g/mol. The Morgan fingerprint density at radius 2 is 2.45 bits per heavy atom. The summed E-state index contributed by atoms with van der Waals surface area (Å²) in [7, 11) is 0. The van der Waals surface area contributed by atoms with Crippen LogP contribution in [-0.4, -0.2) is 0 Å². The number of thiophene rings is 1. The molecule has 0 bridgehead atoms. The molecule has 1 unspecified atom stereocenters. The van der Waals surface area contributed by atoms with Crippen LogP contribution in [0.15, 0.2) is 11.4 Å². The SMILES string of the molecule is C#CCC(C)c1sccc1C. The van der Waals surface area contributed by atoms with Gasteiger partial charge in [0.25, 0.3) is 0 Å². The predicted octanol–water partition coefficient (Wildman–Crippen LogP) is 3.18. The van der Waals surface area contributed by atoms with Gasteiger partial charge in [-0.2, -0.15) is 0 Å². The van der Waals surface area contributed by atoms with E-state index in [9.17, 15) is 0 Å². The van der Waals surface area contributed by atoms with Crippen LogP contribution in [0.5, 0.6) is 0 Å². The molecule has 0 aliphatic heterocycles. The van der Waals surface area contributed by atoms with E-state index >= 15 is 0 Å². The summed E-state index contributed by atoms with van der Waals surface area (Å²) >= 11 is 1.80. The first-order valence-electron chi connectivity index (χ1n) is 3.73. The van der Waals surface area contributed by atoms with Gasteiger partial charge in [-0.25, -0.2) is 0 Å². The summed E-state index contributed by atoms with van der Waals surface area (Å²) in [6.45, 7) is 4.32. The Balaban J connectivity index is 2.77. The molecular formula is C10H12S. The van der Waals surface area contributed by atoms with E-state index in [1.165, 1.54) is 10.4 Å². The largest absolute Gasteiger partial charge is 0.148 e. The summed E-state index contributed by atoms with van der Waals surface area (Å²) in [5.74, 6) is 3.22. The third-order valence-electron chi connectivity index (χ3n) is 1.77. The Bertz CT molecular complexity index is 265. The van der Waals surface area contributed by atoms with Crippen molar-refractivity contribution < 1.29 is 0 Å². The van der Waals surface area contributed by atoms with Gasteiger partial charge in [-0.3, -0.25) is 0 Å². The number of rotatable bonds is 2. The molecule has 1 atom stereocenters. The van der Waals surface area contributed by atoms with E-state index in [1.807, 2.05) is 0 Å². The zero-order chi connectivity index (χ0) is 8.27. The van der Waals surface area contributed by atoms with Crippen molar-refractivity contribution in [1.29, 1.82) is 0 Å². The van der Waals surface area contributed by atoms with Crippen LogP contribution in [0.1, 0.15) is 29.7 Å². The van der Waals surface area contributed by atoms with Crippen molar-refractivity contribution in [2.45, 2.75) is 26.2 Å². The molecule has 1 aromatic rings. The summed E-state index contributed by atoms with van der Waals surface area (Å²) < 4.78 is 0. The van der Waals surface area contributed by atoms with Gasteiger partial charge in [-0.1, -0.05) is 6.92 Å². The lowest BCUT2D eigenvalue weighted by molar-refractivity contribution is 0.808. The van der Waals surface area contributed by atoms with Crippen LogP contribution in [0.2, 0.25) is 0 Å². The average Bonchev–Trinajstić information content (AvgIpc) is 2.36. The second-order valence-electron chi connectivity index (χ2n) is 2.78. The van der Waals surface area contributed by atoms with Gasteiger partial charge in [0.15, 0.2) is 0 Å². The van der Waals surface area contributed by atoms with E-state index in [1.54, 1.807) is 11.3 Å². The van der Waals surface area contributed by atoms with Crippen LogP contribution in [0.3, 0.4) is 0 Å². The van der Waals surface area contributed by atoms with Crippen LogP contribution in [-0.2, 0) is 0 Å². The fourth-order valence-corrected chi connectivity index (χ4v) is 2.15. The molecule has 1 aromatic heterocycles. The molecule has 1 heterocycles. The maximum Gasteiger partial charge on any atom is 0.0160 e. The van der Waals surface area contributed by atoms with Crippen molar-refractivity contribution in [3.63, 3.8) is 0 Å². The Hall–Kier alpha value is -0.740. The molecule has 11 heavy (non-hydrogen) atoms. The lowest BCUT2D eigenvalue weighted by Crippen LogP contribution is -1.89. The van der Waals surface area contributed by atoms with E-state index in [4.69, 9.17) is 6.42 Å². The van der Waals surface area contributed by atoms with Gasteiger partial charge in [0.2, 0.25) is 0 Å². The standard InChI is InChI=1S/C10H12S/c1-4-5-8(2)10-9(3)6-7-11-10/h1,6-8H,5H2,2-3H3. The predicted molar refractivity (Wildman–Crippen MR) is 50.9 cm³/mol. The maximum absolute atomic E-state index is 5.24. The lowest BCUT2D eigenvalue weighted by Gasteiger charge is -2.05. The third kappa shape index (κ3) is 1.85. The van der Waals surface area contributed by atoms with Gasteiger partial charge < -0.3 is 0 Å². The summed E-state index contributed by atoms with van der Waals surface area (Å²) in [6.07, 6.45) is 6.09. The summed E-state index contributed by atoms with van der Waals surface area (Å²) in [5, 5.41) is 2.12. The van der Waals surface area contributed by atoms with Crippen LogP contribution in [0.25, 0.3) is 0 Å². The Labute approximate surface area is 72.3 Å². The molecule has 0 N–H and O–H groups in total. The molecule has 0 nitrogen and oxygen atoms in total. The molecule has 0 aliphatic rings. The van der Waals surface area contributed by atoms with Crippen molar-refractivity contribution in [2.24, 2.45) is 0 Å². The fourth-order valence-electron chi connectivity index (χ4n) is 1.16. The van der Waals surface area contributed by atoms with Gasteiger partial charge in [-0.15, -0.1) is 23.7 Å². The summed E-state index contributed by atoms with van der Waals surface area (Å²) in [6, 6.07) is 2.15. The van der Waals surface area contributed by atoms with Crippen molar-refractivity contribution in [3.8, 4) is 12.3 Å². The Morgan fingerprint density at radius 1 is 1.73 bits per heavy atom. The number of terminal acetylenes is 1. The second kappa shape index (κ2) is 3.59. The van der Waals surface area contributed by atoms with Crippen LogP contribution >= 0.6 is 11.3 Å². The van der Waals surface area contributed by atoms with Crippen molar-refractivity contribution in [1.82, 2.24) is 0 Å². The molecule has 0 saturated heterocycles. The highest BCUT2D eigenvalue weighted by Gasteiger charge is 2.07. The maximum atomic E-state index is 5.24. The van der Waals surface area contributed by atoms with Crippen LogP contribution in [0.4, 0.5) is 0 Å². The fraction of sp³-hybridized carbons (Fsp3) is 0.400. The minimum absolute atomic E-state index is 0.528. The molecule has 0 radical (unpaired) electrons. The van der Waals surface area contributed by atoms with Gasteiger partial charge in [0.05, 0.1) is 0 Å². The smallest absolute Gasteiger partial charge is 0.0160 e. The zero-order valence-corrected chi connectivity index (χ0v) is 7.74. The van der Waals surface area contributed by atoms with Crippen molar-refractivity contribution >= 4 is 11.3 Å². The van der Waals surface area contributed by atoms with E-state index in [-0.39, 0.29) is 0 Å². The quantitative estimate of drug-likeness (QED) is 0.589. The van der Waals surface area contributed by atoms with Crippen molar-refractivity contribution in [2.75, 3.05) is 0 Å². The molecule has 0 fully saturated rings. The van der Waals surface area contributed by atoms with Gasteiger partial charge in [0, 0.05) is 17.2 Å². The first-order chi connectivity index (χ1) is 5.25. The van der Waals surface area contributed by atoms with E-state index in [0.29, 0.717) is 5.92 Å². The first kappa shape index (κ1) is 8.36. The van der Waals surface area contributed by atoms with E-state index < -0.39 is 0 Å². The average molecular weight is 164 g/mol. The van der Waals surface area contributed by atoms with E-state index in [2.05, 4.69) is 31.2 Å². The molecule has 0 saturated carbocycles. The molecule has 0 aromatic carbocycles. The number of hydrogen-bond acceptors (Lipinski definition) is 1. The highest BCUT2D eigenvalue weighted by molar-refractivity contribution is 7.10. The van der Waals surface area contributed by atoms with Crippen LogP contribution in [0, 0.1) is 19.3 Å². The van der Waals surface area contributed by atoms with Crippen molar-refractivity contribution in [3.05, 3.63) is 21.9 Å². The monoisotopic (exact) mass is 164 g/mol. The molecule has 1 rings (SSSR count). The molecule has 0 aliphatic carbocycles. The highest BCUT2D eigenvalue weighted by atomic mass is 32.1. The van der Waals surface area contributed by atoms with E-state index in [0.717, 1.165) is 6.42 Å². The van der Waals surface area contributed by atoms with Gasteiger partial charge in [0.1, 0.15) is 0 Å². The minimum atomic E-state index is 0.528. The van der Waals surface area contributed by atoms with Gasteiger partial charge in [-0.05, 0) is 23.9 Å². The molecule has 0 amide bonds. The number of aryl methyl sites for hydroxylation is 1. The Kier molecular flexibility index (Phi) is 2.73. The molecule has 0 spiro atoms. The lowest BCUT2D eigenvalue weighted by atomic mass is 10.0. The topological polar surface area (TPSA) is 0 Å². The third-order valence-corrected chi connectivity index (χ3v) is 3.02. The Morgan fingerprint density at radius 3 is 2.91 bits per heavy atom. The first-order valence-corrected chi connectivity index (χ1v) is 4.61. The number of hydrogen-bond donors (Lipinski definition) is 0. The highest BCUT2D eigenvalue weighted by Crippen LogP contribution is 2.27. The summed E-state index contributed by atoms with van der Waals surface area (Å²) in [5.41, 5.74) is 1.37. The zero-order valence-electron chi connectivity index (χ0n) is 6.92. The second-order valence-corrected chi connectivity index (χ2v) is 3.72. The normalized spacial score (nSPS) is 12.5. The molecule has 1 heteroatoms.